The van der Waals surface area contributed by atoms with Gasteiger partial charge in [-0.05, 0) is 29.8 Å². The molecule has 9 heteroatoms. The molecule has 0 radical (unpaired) electrons. The van der Waals surface area contributed by atoms with Crippen molar-refractivity contribution in [3.63, 3.8) is 0 Å². The van der Waals surface area contributed by atoms with Gasteiger partial charge in [0.1, 0.15) is 11.6 Å². The van der Waals surface area contributed by atoms with Crippen molar-refractivity contribution in [1.82, 2.24) is 8.61 Å². The van der Waals surface area contributed by atoms with Crippen LogP contribution in [-0.2, 0) is 21.5 Å². The normalized spacial score (nSPS) is 18.8. The standard InChI is InChI=1S/C18H19ClF2N2O3S/c1-22(11-15-16(19)3-2-4-17(15)21)27(24,25)23-9-10-26-18(12-23)13-5-7-14(20)8-6-13/h2-8,18H,9-12H2,1H3. The SMILES string of the molecule is CN(Cc1c(F)cccc1Cl)S(=O)(=O)N1CCOC(c2ccc(F)cc2)C1. The van der Waals surface area contributed by atoms with E-state index < -0.39 is 22.1 Å². The Hall–Kier alpha value is -1.58. The molecule has 0 spiro atoms. The fourth-order valence-electron chi connectivity index (χ4n) is 2.90. The van der Waals surface area contributed by atoms with Crippen LogP contribution in [-0.4, -0.2) is 43.8 Å². The Bertz CT molecular complexity index is 889. The van der Waals surface area contributed by atoms with E-state index in [1.165, 1.54) is 41.7 Å². The smallest absolute Gasteiger partial charge is 0.282 e. The molecule has 27 heavy (non-hydrogen) atoms. The van der Waals surface area contributed by atoms with Crippen LogP contribution in [0.1, 0.15) is 17.2 Å². The number of nitrogens with zero attached hydrogens (tertiary/aromatic N) is 2. The minimum Gasteiger partial charge on any atom is -0.371 e. The lowest BCUT2D eigenvalue weighted by Gasteiger charge is -2.34. The summed E-state index contributed by atoms with van der Waals surface area (Å²) in [7, 11) is -2.48. The average Bonchev–Trinajstić information content (AvgIpc) is 2.65. The van der Waals surface area contributed by atoms with Gasteiger partial charge in [0.2, 0.25) is 0 Å². The number of benzene rings is 2. The molecular weight excluding hydrogens is 398 g/mol. The maximum absolute atomic E-state index is 14.0. The molecule has 1 aliphatic rings. The first kappa shape index (κ1) is 20.2. The molecule has 0 saturated carbocycles. The van der Waals surface area contributed by atoms with Crippen LogP contribution in [0, 0.1) is 11.6 Å². The van der Waals surface area contributed by atoms with E-state index in [2.05, 4.69) is 0 Å². The highest BCUT2D eigenvalue weighted by Gasteiger charge is 2.33. The number of halogens is 3. The zero-order chi connectivity index (χ0) is 19.6. The van der Waals surface area contributed by atoms with Gasteiger partial charge in [-0.25, -0.2) is 8.78 Å². The zero-order valence-corrected chi connectivity index (χ0v) is 16.2. The van der Waals surface area contributed by atoms with Crippen LogP contribution in [0.3, 0.4) is 0 Å². The largest absolute Gasteiger partial charge is 0.371 e. The van der Waals surface area contributed by atoms with E-state index in [1.807, 2.05) is 0 Å². The maximum Gasteiger partial charge on any atom is 0.282 e. The molecule has 1 atom stereocenters. The summed E-state index contributed by atoms with van der Waals surface area (Å²) in [6.07, 6.45) is -0.500. The van der Waals surface area contributed by atoms with Crippen molar-refractivity contribution in [2.75, 3.05) is 26.7 Å². The molecule has 0 aromatic heterocycles. The van der Waals surface area contributed by atoms with Crippen molar-refractivity contribution >= 4 is 21.8 Å². The van der Waals surface area contributed by atoms with E-state index in [9.17, 15) is 17.2 Å². The average molecular weight is 417 g/mol. The van der Waals surface area contributed by atoms with Gasteiger partial charge in [-0.2, -0.15) is 17.0 Å². The van der Waals surface area contributed by atoms with Crippen LogP contribution in [0.4, 0.5) is 8.78 Å². The van der Waals surface area contributed by atoms with Crippen molar-refractivity contribution in [3.8, 4) is 0 Å². The Morgan fingerprint density at radius 2 is 1.93 bits per heavy atom. The highest BCUT2D eigenvalue weighted by molar-refractivity contribution is 7.86. The lowest BCUT2D eigenvalue weighted by atomic mass is 10.1. The Kier molecular flexibility index (Phi) is 6.12. The van der Waals surface area contributed by atoms with Crippen molar-refractivity contribution in [1.29, 1.82) is 0 Å². The molecular formula is C18H19ClF2N2O3S. The highest BCUT2D eigenvalue weighted by Crippen LogP contribution is 2.27. The van der Waals surface area contributed by atoms with Gasteiger partial charge < -0.3 is 4.74 Å². The quantitative estimate of drug-likeness (QED) is 0.751. The first-order valence-electron chi connectivity index (χ1n) is 8.30. The summed E-state index contributed by atoms with van der Waals surface area (Å²) in [4.78, 5) is 0. The third-order valence-corrected chi connectivity index (χ3v) is 6.69. The molecule has 3 rings (SSSR count). The third kappa shape index (κ3) is 4.47. The fraction of sp³-hybridized carbons (Fsp3) is 0.333. The van der Waals surface area contributed by atoms with E-state index in [1.54, 1.807) is 12.1 Å². The Labute approximate surface area is 162 Å². The minimum absolute atomic E-state index is 0.0866. The summed E-state index contributed by atoms with van der Waals surface area (Å²) in [5, 5.41) is 0.170. The lowest BCUT2D eigenvalue weighted by Crippen LogP contribution is -2.48. The van der Waals surface area contributed by atoms with Crippen molar-refractivity contribution in [2.24, 2.45) is 0 Å². The molecule has 1 fully saturated rings. The van der Waals surface area contributed by atoms with Crippen LogP contribution in [0.2, 0.25) is 5.02 Å². The molecule has 146 valence electrons. The molecule has 2 aromatic rings. The molecule has 0 bridgehead atoms. The second-order valence-corrected chi connectivity index (χ2v) is 8.68. The molecule has 0 amide bonds. The predicted octanol–water partition coefficient (Wildman–Crippen LogP) is 3.37. The molecule has 2 aromatic carbocycles. The Morgan fingerprint density at radius 1 is 1.22 bits per heavy atom. The molecule has 5 nitrogen and oxygen atoms in total. The summed E-state index contributed by atoms with van der Waals surface area (Å²) >= 11 is 6.00. The second kappa shape index (κ2) is 8.20. The lowest BCUT2D eigenvalue weighted by molar-refractivity contribution is -0.00418. The number of ether oxygens (including phenoxy) is 1. The number of hydrogen-bond acceptors (Lipinski definition) is 3. The van der Waals surface area contributed by atoms with Gasteiger partial charge in [0, 0.05) is 37.3 Å². The van der Waals surface area contributed by atoms with Crippen LogP contribution in [0.25, 0.3) is 0 Å². The third-order valence-electron chi connectivity index (χ3n) is 4.43. The topological polar surface area (TPSA) is 49.9 Å². The van der Waals surface area contributed by atoms with Gasteiger partial charge in [-0.3, -0.25) is 0 Å². The van der Waals surface area contributed by atoms with E-state index in [0.717, 1.165) is 4.31 Å². The molecule has 1 heterocycles. The van der Waals surface area contributed by atoms with Gasteiger partial charge in [0.25, 0.3) is 10.2 Å². The van der Waals surface area contributed by atoms with Gasteiger partial charge in [0.15, 0.2) is 0 Å². The number of morpholine rings is 1. The molecule has 1 unspecified atom stereocenters. The van der Waals surface area contributed by atoms with Crippen LogP contribution < -0.4 is 0 Å². The zero-order valence-electron chi connectivity index (χ0n) is 14.6. The van der Waals surface area contributed by atoms with Gasteiger partial charge >= 0.3 is 0 Å². The summed E-state index contributed by atoms with van der Waals surface area (Å²) in [5.74, 6) is -0.934. The first-order valence-corrected chi connectivity index (χ1v) is 10.1. The Morgan fingerprint density at radius 3 is 2.59 bits per heavy atom. The number of hydrogen-bond donors (Lipinski definition) is 0. The summed E-state index contributed by atoms with van der Waals surface area (Å²) in [5.41, 5.74) is 0.810. The van der Waals surface area contributed by atoms with Gasteiger partial charge in [-0.15, -0.1) is 0 Å². The summed E-state index contributed by atoms with van der Waals surface area (Å²) < 4.78 is 60.9. The summed E-state index contributed by atoms with van der Waals surface area (Å²) in [6.45, 7) is 0.278. The van der Waals surface area contributed by atoms with Crippen LogP contribution >= 0.6 is 11.6 Å². The van der Waals surface area contributed by atoms with Crippen molar-refractivity contribution in [3.05, 3.63) is 70.2 Å². The van der Waals surface area contributed by atoms with Gasteiger partial charge in [-0.1, -0.05) is 29.8 Å². The second-order valence-electron chi connectivity index (χ2n) is 6.23. The van der Waals surface area contributed by atoms with Crippen LogP contribution in [0.15, 0.2) is 42.5 Å². The Balaban J connectivity index is 1.76. The highest BCUT2D eigenvalue weighted by atomic mass is 35.5. The van der Waals surface area contributed by atoms with E-state index in [-0.39, 0.29) is 42.6 Å². The predicted molar refractivity (Wildman–Crippen MR) is 98.5 cm³/mol. The molecule has 1 aliphatic heterocycles. The summed E-state index contributed by atoms with van der Waals surface area (Å²) in [6, 6.07) is 9.96. The van der Waals surface area contributed by atoms with E-state index in [0.29, 0.717) is 5.56 Å². The van der Waals surface area contributed by atoms with Crippen LogP contribution in [0.5, 0.6) is 0 Å². The minimum atomic E-state index is -3.86. The molecule has 0 aliphatic carbocycles. The first-order chi connectivity index (χ1) is 12.8. The van der Waals surface area contributed by atoms with Crippen molar-refractivity contribution < 1.29 is 21.9 Å². The van der Waals surface area contributed by atoms with Gasteiger partial charge in [0.05, 0.1) is 12.7 Å². The van der Waals surface area contributed by atoms with E-state index >= 15 is 0 Å². The monoisotopic (exact) mass is 416 g/mol. The fourth-order valence-corrected chi connectivity index (χ4v) is 4.44. The molecule has 1 saturated heterocycles. The maximum atomic E-state index is 14.0. The van der Waals surface area contributed by atoms with Crippen molar-refractivity contribution in [2.45, 2.75) is 12.6 Å². The molecule has 0 N–H and O–H groups in total. The van der Waals surface area contributed by atoms with E-state index in [4.69, 9.17) is 16.3 Å². The number of rotatable bonds is 5.